The molecule has 2 aliphatic heterocycles. The second-order valence-corrected chi connectivity index (χ2v) is 6.08. The molecule has 21 heavy (non-hydrogen) atoms. The normalized spacial score (nSPS) is 26.6. The number of nitrogens with one attached hydrogen (secondary N) is 1. The zero-order valence-corrected chi connectivity index (χ0v) is 11.7. The fraction of sp³-hybridized carbons (Fsp3) is 0.600. The van der Waals surface area contributed by atoms with Crippen LogP contribution in [0.15, 0.2) is 24.3 Å². The number of alkyl halides is 3. The lowest BCUT2D eigenvalue weighted by Crippen LogP contribution is -2.28. The maximum atomic E-state index is 12.2. The van der Waals surface area contributed by atoms with Crippen LogP contribution in [0.4, 0.5) is 13.2 Å². The van der Waals surface area contributed by atoms with E-state index in [9.17, 15) is 13.2 Å². The van der Waals surface area contributed by atoms with Crippen molar-refractivity contribution in [1.29, 1.82) is 0 Å². The number of likely N-dealkylation sites (tertiary alicyclic amines) is 1. The first-order valence-electron chi connectivity index (χ1n) is 7.22. The quantitative estimate of drug-likeness (QED) is 0.929. The third-order valence-electron chi connectivity index (χ3n) is 4.39. The van der Waals surface area contributed by atoms with E-state index in [4.69, 9.17) is 0 Å². The van der Waals surface area contributed by atoms with E-state index in [0.717, 1.165) is 31.7 Å². The SMILES string of the molecule is FC(F)(F)Oc1cccc(CN2CCC3(CCNC3)C2)c1. The van der Waals surface area contributed by atoms with Gasteiger partial charge in [0, 0.05) is 19.6 Å². The second-order valence-electron chi connectivity index (χ2n) is 6.08. The van der Waals surface area contributed by atoms with E-state index in [2.05, 4.69) is 15.0 Å². The topological polar surface area (TPSA) is 24.5 Å². The summed E-state index contributed by atoms with van der Waals surface area (Å²) in [5, 5.41) is 3.40. The van der Waals surface area contributed by atoms with Gasteiger partial charge in [0.1, 0.15) is 5.75 Å². The number of hydrogen-bond donors (Lipinski definition) is 1. The highest BCUT2D eigenvalue weighted by atomic mass is 19.4. The van der Waals surface area contributed by atoms with Gasteiger partial charge in [-0.05, 0) is 49.0 Å². The molecule has 1 N–H and O–H groups in total. The summed E-state index contributed by atoms with van der Waals surface area (Å²) >= 11 is 0. The minimum atomic E-state index is -4.63. The monoisotopic (exact) mass is 300 g/mol. The molecular formula is C15H19F3N2O. The fourth-order valence-electron chi connectivity index (χ4n) is 3.41. The van der Waals surface area contributed by atoms with Crippen LogP contribution in [-0.4, -0.2) is 37.4 Å². The van der Waals surface area contributed by atoms with Crippen LogP contribution in [0.3, 0.4) is 0 Å². The molecule has 0 saturated carbocycles. The van der Waals surface area contributed by atoms with E-state index in [1.807, 2.05) is 6.07 Å². The first kappa shape index (κ1) is 14.7. The maximum Gasteiger partial charge on any atom is 0.573 e. The molecule has 3 nitrogen and oxygen atoms in total. The average molecular weight is 300 g/mol. The van der Waals surface area contributed by atoms with Crippen LogP contribution >= 0.6 is 0 Å². The van der Waals surface area contributed by atoms with E-state index >= 15 is 0 Å². The highest BCUT2D eigenvalue weighted by molar-refractivity contribution is 5.28. The zero-order chi connectivity index (χ0) is 14.9. The fourth-order valence-corrected chi connectivity index (χ4v) is 3.41. The van der Waals surface area contributed by atoms with Gasteiger partial charge in [-0.15, -0.1) is 13.2 Å². The predicted octanol–water partition coefficient (Wildman–Crippen LogP) is 2.77. The van der Waals surface area contributed by atoms with Crippen molar-refractivity contribution in [3.8, 4) is 5.75 Å². The standard InChI is InChI=1S/C15H19F3N2O/c16-15(17,18)21-13-3-1-2-12(8-13)9-20-7-5-14(11-20)4-6-19-10-14/h1-3,8,19H,4-7,9-11H2. The van der Waals surface area contributed by atoms with Gasteiger partial charge in [-0.3, -0.25) is 4.90 Å². The summed E-state index contributed by atoms with van der Waals surface area (Å²) in [6, 6.07) is 6.27. The van der Waals surface area contributed by atoms with E-state index in [1.54, 1.807) is 6.07 Å². The number of rotatable bonds is 3. The molecule has 1 aromatic carbocycles. The van der Waals surface area contributed by atoms with E-state index in [-0.39, 0.29) is 5.75 Å². The molecule has 0 aromatic heterocycles. The van der Waals surface area contributed by atoms with Crippen LogP contribution in [0.2, 0.25) is 0 Å². The van der Waals surface area contributed by atoms with Crippen LogP contribution in [0.5, 0.6) is 5.75 Å². The number of nitrogens with zero attached hydrogens (tertiary/aromatic N) is 1. The van der Waals surface area contributed by atoms with Crippen molar-refractivity contribution in [2.75, 3.05) is 26.2 Å². The summed E-state index contributed by atoms with van der Waals surface area (Å²) in [5.74, 6) is -0.142. The Kier molecular flexibility index (Phi) is 3.84. The van der Waals surface area contributed by atoms with Crippen molar-refractivity contribution >= 4 is 0 Å². The summed E-state index contributed by atoms with van der Waals surface area (Å²) in [5.41, 5.74) is 1.24. The molecule has 0 amide bonds. The van der Waals surface area contributed by atoms with Gasteiger partial charge >= 0.3 is 6.36 Å². The Morgan fingerprint density at radius 2 is 2.14 bits per heavy atom. The maximum absolute atomic E-state index is 12.2. The lowest BCUT2D eigenvalue weighted by Gasteiger charge is -2.23. The third-order valence-corrected chi connectivity index (χ3v) is 4.39. The molecule has 1 atom stereocenters. The molecule has 1 aromatic rings. The Morgan fingerprint density at radius 1 is 1.29 bits per heavy atom. The number of ether oxygens (including phenoxy) is 1. The summed E-state index contributed by atoms with van der Waals surface area (Å²) < 4.78 is 40.7. The molecule has 2 heterocycles. The lowest BCUT2D eigenvalue weighted by molar-refractivity contribution is -0.274. The van der Waals surface area contributed by atoms with Crippen molar-refractivity contribution in [2.45, 2.75) is 25.7 Å². The van der Waals surface area contributed by atoms with Crippen molar-refractivity contribution in [2.24, 2.45) is 5.41 Å². The third kappa shape index (κ3) is 3.68. The molecule has 2 aliphatic rings. The van der Waals surface area contributed by atoms with E-state index < -0.39 is 6.36 Å². The van der Waals surface area contributed by atoms with Gasteiger partial charge in [0.05, 0.1) is 0 Å². The molecule has 0 aliphatic carbocycles. The minimum absolute atomic E-state index is 0.142. The summed E-state index contributed by atoms with van der Waals surface area (Å²) in [6.45, 7) is 4.83. The molecule has 1 spiro atoms. The minimum Gasteiger partial charge on any atom is -0.406 e. The summed E-state index contributed by atoms with van der Waals surface area (Å²) in [7, 11) is 0. The molecule has 1 unspecified atom stereocenters. The first-order valence-corrected chi connectivity index (χ1v) is 7.22. The summed E-state index contributed by atoms with van der Waals surface area (Å²) in [6.07, 6.45) is -2.27. The molecule has 0 radical (unpaired) electrons. The Balaban J connectivity index is 1.62. The Labute approximate surface area is 122 Å². The van der Waals surface area contributed by atoms with Crippen LogP contribution in [0.1, 0.15) is 18.4 Å². The van der Waals surface area contributed by atoms with Gasteiger partial charge in [0.25, 0.3) is 0 Å². The van der Waals surface area contributed by atoms with E-state index in [1.165, 1.54) is 25.0 Å². The van der Waals surface area contributed by atoms with Gasteiger partial charge in [0.2, 0.25) is 0 Å². The highest BCUT2D eigenvalue weighted by Gasteiger charge is 2.40. The van der Waals surface area contributed by atoms with Crippen molar-refractivity contribution in [3.63, 3.8) is 0 Å². The molecule has 2 fully saturated rings. The largest absolute Gasteiger partial charge is 0.573 e. The van der Waals surface area contributed by atoms with Gasteiger partial charge in [-0.1, -0.05) is 12.1 Å². The van der Waals surface area contributed by atoms with Crippen molar-refractivity contribution < 1.29 is 17.9 Å². The van der Waals surface area contributed by atoms with Crippen LogP contribution in [0.25, 0.3) is 0 Å². The average Bonchev–Trinajstić information content (AvgIpc) is 2.99. The Morgan fingerprint density at radius 3 is 2.86 bits per heavy atom. The Hall–Kier alpha value is -1.27. The molecular weight excluding hydrogens is 281 g/mol. The van der Waals surface area contributed by atoms with E-state index in [0.29, 0.717) is 12.0 Å². The van der Waals surface area contributed by atoms with Crippen LogP contribution in [0, 0.1) is 5.41 Å². The molecule has 3 rings (SSSR count). The lowest BCUT2D eigenvalue weighted by atomic mass is 9.86. The number of benzene rings is 1. The molecule has 116 valence electrons. The van der Waals surface area contributed by atoms with Crippen LogP contribution < -0.4 is 10.1 Å². The molecule has 6 heteroatoms. The van der Waals surface area contributed by atoms with Gasteiger partial charge in [0.15, 0.2) is 0 Å². The van der Waals surface area contributed by atoms with Gasteiger partial charge in [-0.25, -0.2) is 0 Å². The van der Waals surface area contributed by atoms with Crippen molar-refractivity contribution in [3.05, 3.63) is 29.8 Å². The first-order chi connectivity index (χ1) is 9.94. The van der Waals surface area contributed by atoms with Crippen molar-refractivity contribution in [1.82, 2.24) is 10.2 Å². The molecule has 2 saturated heterocycles. The Bertz CT molecular complexity index is 498. The zero-order valence-electron chi connectivity index (χ0n) is 11.7. The van der Waals surface area contributed by atoms with Crippen LogP contribution in [-0.2, 0) is 6.54 Å². The predicted molar refractivity (Wildman–Crippen MR) is 72.9 cm³/mol. The highest BCUT2D eigenvalue weighted by Crippen LogP contribution is 2.36. The smallest absolute Gasteiger partial charge is 0.406 e. The second kappa shape index (κ2) is 5.50. The van der Waals surface area contributed by atoms with Gasteiger partial charge in [-0.2, -0.15) is 0 Å². The summed E-state index contributed by atoms with van der Waals surface area (Å²) in [4.78, 5) is 2.32. The van der Waals surface area contributed by atoms with Gasteiger partial charge < -0.3 is 10.1 Å². The number of hydrogen-bond acceptors (Lipinski definition) is 3. The number of halogens is 3. The molecule has 0 bridgehead atoms.